The van der Waals surface area contributed by atoms with Gasteiger partial charge in [0.25, 0.3) is 0 Å². The summed E-state index contributed by atoms with van der Waals surface area (Å²) in [6.07, 6.45) is 4.28. The maximum atomic E-state index is 9.86. The summed E-state index contributed by atoms with van der Waals surface area (Å²) in [5, 5.41) is 19.8. The highest BCUT2D eigenvalue weighted by molar-refractivity contribution is 6.33. The van der Waals surface area contributed by atoms with Gasteiger partial charge in [-0.3, -0.25) is 0 Å². The Morgan fingerprint density at radius 1 is 1.36 bits per heavy atom. The lowest BCUT2D eigenvalue weighted by Gasteiger charge is -2.26. The molecule has 1 aliphatic rings. The molecule has 7 nitrogen and oxygen atoms in total. The number of aromatic nitrogens is 4. The molecule has 2 heterocycles. The van der Waals surface area contributed by atoms with Crippen molar-refractivity contribution in [2.45, 2.75) is 44.6 Å². The lowest BCUT2D eigenvalue weighted by molar-refractivity contribution is -0.214. The molecule has 0 amide bonds. The summed E-state index contributed by atoms with van der Waals surface area (Å²) >= 11 is 6.02. The minimum Gasteiger partial charge on any atom is -0.396 e. The second-order valence-corrected chi connectivity index (χ2v) is 6.52. The molecule has 22 heavy (non-hydrogen) atoms. The van der Waals surface area contributed by atoms with E-state index in [1.165, 1.54) is 6.33 Å². The van der Waals surface area contributed by atoms with E-state index in [1.54, 1.807) is 20.2 Å². The molecule has 0 aromatic carbocycles. The van der Waals surface area contributed by atoms with Gasteiger partial charge in [-0.1, -0.05) is 11.6 Å². The van der Waals surface area contributed by atoms with Crippen LogP contribution in [0.15, 0.2) is 12.7 Å². The molecule has 0 spiro atoms. The van der Waals surface area contributed by atoms with Crippen LogP contribution >= 0.6 is 11.6 Å². The minimum absolute atomic E-state index is 0.0135. The average molecular weight is 327 g/mol. The molecule has 0 aliphatic heterocycles. The topological polar surface area (TPSA) is 93.3 Å². The molecule has 1 fully saturated rings. The molecule has 1 aliphatic carbocycles. The summed E-state index contributed by atoms with van der Waals surface area (Å²) in [5.74, 6) is -1.26. The molecule has 0 bridgehead atoms. The quantitative estimate of drug-likeness (QED) is 0.654. The van der Waals surface area contributed by atoms with Crippen LogP contribution < -0.4 is 0 Å². The number of hydrogen-bond acceptors (Lipinski definition) is 6. The van der Waals surface area contributed by atoms with E-state index in [2.05, 4.69) is 15.0 Å². The number of nitrogens with zero attached hydrogens (tertiary/aromatic N) is 4. The standard InChI is InChI=1S/C14H19ClN4O3/c1-14(2,21)22-10-4-9(3-8(10)5-20)19-7-18-11-12(15)16-6-17-13(11)19/h6-10,20-21H,3-5H2,1-2H3/t8?,9?,10-/m0/s1. The first kappa shape index (κ1) is 15.6. The number of fused-ring (bicyclic) bond motifs is 1. The number of hydrogen-bond donors (Lipinski definition) is 2. The summed E-state index contributed by atoms with van der Waals surface area (Å²) < 4.78 is 7.61. The third-order valence-corrected chi connectivity index (χ3v) is 4.26. The largest absolute Gasteiger partial charge is 0.396 e. The van der Waals surface area contributed by atoms with Gasteiger partial charge in [-0.15, -0.1) is 0 Å². The Balaban J connectivity index is 1.87. The third kappa shape index (κ3) is 2.94. The van der Waals surface area contributed by atoms with Crippen molar-refractivity contribution in [3.05, 3.63) is 17.8 Å². The fourth-order valence-electron chi connectivity index (χ4n) is 3.08. The Morgan fingerprint density at radius 3 is 2.82 bits per heavy atom. The highest BCUT2D eigenvalue weighted by Crippen LogP contribution is 2.39. The number of rotatable bonds is 4. The first-order valence-electron chi connectivity index (χ1n) is 7.23. The first-order chi connectivity index (χ1) is 10.4. The molecule has 2 N–H and O–H groups in total. The second-order valence-electron chi connectivity index (χ2n) is 6.16. The van der Waals surface area contributed by atoms with Crippen LogP contribution in [0.5, 0.6) is 0 Å². The van der Waals surface area contributed by atoms with Crippen molar-refractivity contribution in [2.24, 2.45) is 5.92 Å². The van der Waals surface area contributed by atoms with Gasteiger partial charge in [0.2, 0.25) is 0 Å². The molecule has 3 atom stereocenters. The van der Waals surface area contributed by atoms with Crippen LogP contribution in [0.2, 0.25) is 5.15 Å². The van der Waals surface area contributed by atoms with Crippen LogP contribution in [-0.4, -0.2) is 48.2 Å². The summed E-state index contributed by atoms with van der Waals surface area (Å²) in [4.78, 5) is 12.4. The van der Waals surface area contributed by atoms with Crippen LogP contribution in [0.4, 0.5) is 0 Å². The van der Waals surface area contributed by atoms with E-state index in [0.29, 0.717) is 22.7 Å². The van der Waals surface area contributed by atoms with Crippen molar-refractivity contribution in [3.63, 3.8) is 0 Å². The van der Waals surface area contributed by atoms with E-state index in [9.17, 15) is 10.2 Å². The molecule has 1 saturated carbocycles. The van der Waals surface area contributed by atoms with Gasteiger partial charge >= 0.3 is 0 Å². The molecule has 3 rings (SSSR count). The summed E-state index contributed by atoms with van der Waals surface area (Å²) in [6, 6.07) is 0.0838. The maximum absolute atomic E-state index is 9.86. The van der Waals surface area contributed by atoms with Crippen LogP contribution in [0.25, 0.3) is 11.2 Å². The number of imidazole rings is 1. The van der Waals surface area contributed by atoms with Crippen molar-refractivity contribution >= 4 is 22.8 Å². The van der Waals surface area contributed by atoms with Gasteiger partial charge in [0.15, 0.2) is 16.6 Å². The lowest BCUT2D eigenvalue weighted by Crippen LogP contribution is -2.33. The SMILES string of the molecule is CC(C)(O)O[C@H]1CC(n2cnc3c(Cl)ncnc32)CC1CO. The normalized spacial score (nSPS) is 26.0. The van der Waals surface area contributed by atoms with Gasteiger partial charge in [-0.25, -0.2) is 15.0 Å². The Bertz CT molecular complexity index is 670. The Labute approximate surface area is 132 Å². The zero-order valence-corrected chi connectivity index (χ0v) is 13.2. The van der Waals surface area contributed by atoms with Gasteiger partial charge in [-0.2, -0.15) is 0 Å². The van der Waals surface area contributed by atoms with Crippen LogP contribution in [0.1, 0.15) is 32.7 Å². The van der Waals surface area contributed by atoms with Crippen LogP contribution in [0, 0.1) is 5.92 Å². The third-order valence-electron chi connectivity index (χ3n) is 3.99. The maximum Gasteiger partial charge on any atom is 0.165 e. The number of ether oxygens (including phenoxy) is 1. The molecule has 8 heteroatoms. The van der Waals surface area contributed by atoms with E-state index < -0.39 is 5.79 Å². The highest BCUT2D eigenvalue weighted by atomic mass is 35.5. The molecule has 2 aromatic rings. The van der Waals surface area contributed by atoms with E-state index >= 15 is 0 Å². The summed E-state index contributed by atoms with van der Waals surface area (Å²) in [7, 11) is 0. The summed E-state index contributed by atoms with van der Waals surface area (Å²) in [5.41, 5.74) is 1.24. The number of aliphatic hydroxyl groups excluding tert-OH is 1. The Morgan fingerprint density at radius 2 is 2.14 bits per heavy atom. The molecule has 0 radical (unpaired) electrons. The van der Waals surface area contributed by atoms with Crippen molar-refractivity contribution < 1.29 is 14.9 Å². The van der Waals surface area contributed by atoms with E-state index in [4.69, 9.17) is 16.3 Å². The molecule has 2 unspecified atom stereocenters. The Hall–Kier alpha value is -1.28. The number of aliphatic hydroxyl groups is 2. The van der Waals surface area contributed by atoms with E-state index in [1.807, 2.05) is 4.57 Å². The van der Waals surface area contributed by atoms with Gasteiger partial charge < -0.3 is 19.5 Å². The average Bonchev–Trinajstić information content (AvgIpc) is 3.01. The summed E-state index contributed by atoms with van der Waals surface area (Å²) in [6.45, 7) is 3.20. The van der Waals surface area contributed by atoms with Gasteiger partial charge in [0.1, 0.15) is 11.8 Å². The van der Waals surface area contributed by atoms with Gasteiger partial charge in [0.05, 0.1) is 12.4 Å². The van der Waals surface area contributed by atoms with Crippen molar-refractivity contribution in [1.29, 1.82) is 0 Å². The predicted octanol–water partition coefficient (Wildman–Crippen LogP) is 1.54. The van der Waals surface area contributed by atoms with E-state index in [-0.39, 0.29) is 24.7 Å². The number of halogens is 1. The highest BCUT2D eigenvalue weighted by Gasteiger charge is 2.38. The molecule has 0 saturated heterocycles. The molecular formula is C14H19ClN4O3. The first-order valence-corrected chi connectivity index (χ1v) is 7.61. The molecule has 120 valence electrons. The molecular weight excluding hydrogens is 308 g/mol. The van der Waals surface area contributed by atoms with Crippen molar-refractivity contribution in [3.8, 4) is 0 Å². The smallest absolute Gasteiger partial charge is 0.165 e. The van der Waals surface area contributed by atoms with Crippen molar-refractivity contribution in [1.82, 2.24) is 19.5 Å². The van der Waals surface area contributed by atoms with Gasteiger partial charge in [-0.05, 0) is 26.7 Å². The monoisotopic (exact) mass is 326 g/mol. The fraction of sp³-hybridized carbons (Fsp3) is 0.643. The van der Waals surface area contributed by atoms with Crippen molar-refractivity contribution in [2.75, 3.05) is 6.61 Å². The predicted molar refractivity (Wildman–Crippen MR) is 80.4 cm³/mol. The lowest BCUT2D eigenvalue weighted by atomic mass is 10.1. The van der Waals surface area contributed by atoms with Gasteiger partial charge in [0, 0.05) is 18.6 Å². The minimum atomic E-state index is -1.23. The zero-order chi connectivity index (χ0) is 15.9. The second kappa shape index (κ2) is 5.73. The Kier molecular flexibility index (Phi) is 4.07. The fourth-order valence-corrected chi connectivity index (χ4v) is 3.26. The zero-order valence-electron chi connectivity index (χ0n) is 12.5. The molecule has 2 aromatic heterocycles. The van der Waals surface area contributed by atoms with Crippen LogP contribution in [-0.2, 0) is 4.74 Å². The van der Waals surface area contributed by atoms with E-state index in [0.717, 1.165) is 6.42 Å². The van der Waals surface area contributed by atoms with Crippen LogP contribution in [0.3, 0.4) is 0 Å².